The van der Waals surface area contributed by atoms with Gasteiger partial charge < -0.3 is 10.1 Å². The average molecular weight is 420 g/mol. The Bertz CT molecular complexity index is 1060. The predicted molar refractivity (Wildman–Crippen MR) is 125 cm³/mol. The third-order valence-corrected chi connectivity index (χ3v) is 7.41. The fourth-order valence-electron chi connectivity index (χ4n) is 5.74. The Balaban J connectivity index is 1.51. The van der Waals surface area contributed by atoms with E-state index in [0.717, 1.165) is 16.3 Å². The number of aromatic hydroxyl groups is 1. The number of hydrogen-bond donors (Lipinski definition) is 2. The van der Waals surface area contributed by atoms with Gasteiger partial charge in [-0.15, -0.1) is 0 Å². The molecule has 0 aliphatic heterocycles. The second-order valence-corrected chi connectivity index (χ2v) is 9.32. The molecule has 164 valence electrons. The van der Waals surface area contributed by atoms with Crippen molar-refractivity contribution in [3.63, 3.8) is 0 Å². The minimum absolute atomic E-state index is 0.0537. The van der Waals surface area contributed by atoms with Crippen LogP contribution in [0.2, 0.25) is 0 Å². The maximum atomic E-state index is 13.0. The van der Waals surface area contributed by atoms with Crippen LogP contribution in [0, 0.1) is 0 Å². The molecule has 2 aliphatic rings. The number of benzene rings is 2. The van der Waals surface area contributed by atoms with Crippen LogP contribution < -0.4 is 5.69 Å². The van der Waals surface area contributed by atoms with E-state index in [1.807, 2.05) is 30.3 Å². The van der Waals surface area contributed by atoms with Gasteiger partial charge in [0.15, 0.2) is 0 Å². The maximum Gasteiger partial charge on any atom is 0.330 e. The first-order chi connectivity index (χ1) is 15.2. The van der Waals surface area contributed by atoms with Crippen molar-refractivity contribution in [2.75, 3.05) is 0 Å². The van der Waals surface area contributed by atoms with Crippen LogP contribution in [-0.2, 0) is 6.67 Å². The molecule has 0 radical (unpaired) electrons. The summed E-state index contributed by atoms with van der Waals surface area (Å²) in [6, 6.07) is 15.1. The Morgan fingerprint density at radius 1 is 0.871 bits per heavy atom. The number of hydrogen-bond acceptors (Lipinski definition) is 3. The summed E-state index contributed by atoms with van der Waals surface area (Å²) < 4.78 is 1.56. The lowest BCUT2D eigenvalue weighted by Gasteiger charge is -2.41. The highest BCUT2D eigenvalue weighted by Gasteiger charge is 2.30. The molecular weight excluding hydrogens is 386 g/mol. The third kappa shape index (κ3) is 4.03. The SMILES string of the molecule is O=c1[nH]c(-c2cccc3ccccc23)c(O)n1CN(C1CCCCC1)C1CCCCC1. The lowest BCUT2D eigenvalue weighted by atomic mass is 9.89. The molecule has 1 heterocycles. The minimum atomic E-state index is -0.225. The molecule has 31 heavy (non-hydrogen) atoms. The van der Waals surface area contributed by atoms with Gasteiger partial charge in [0.05, 0.1) is 6.67 Å². The molecule has 2 fully saturated rings. The van der Waals surface area contributed by atoms with Crippen molar-refractivity contribution in [1.29, 1.82) is 0 Å². The van der Waals surface area contributed by atoms with Crippen LogP contribution in [0.25, 0.3) is 22.0 Å². The van der Waals surface area contributed by atoms with E-state index in [0.29, 0.717) is 24.4 Å². The molecule has 3 aromatic rings. The molecule has 5 rings (SSSR count). The number of aromatic nitrogens is 2. The second kappa shape index (κ2) is 8.91. The molecule has 0 atom stereocenters. The minimum Gasteiger partial charge on any atom is -0.493 e. The Morgan fingerprint density at radius 3 is 2.16 bits per heavy atom. The highest BCUT2D eigenvalue weighted by molar-refractivity contribution is 5.96. The molecule has 0 spiro atoms. The molecule has 2 aromatic carbocycles. The van der Waals surface area contributed by atoms with Gasteiger partial charge in [-0.2, -0.15) is 0 Å². The van der Waals surface area contributed by atoms with E-state index < -0.39 is 0 Å². The molecule has 0 bridgehead atoms. The highest BCUT2D eigenvalue weighted by Crippen LogP contribution is 2.34. The van der Waals surface area contributed by atoms with E-state index in [2.05, 4.69) is 22.0 Å². The van der Waals surface area contributed by atoms with Gasteiger partial charge in [0, 0.05) is 17.6 Å². The van der Waals surface area contributed by atoms with Gasteiger partial charge in [-0.25, -0.2) is 9.36 Å². The summed E-state index contributed by atoms with van der Waals surface area (Å²) in [4.78, 5) is 18.5. The van der Waals surface area contributed by atoms with Crippen molar-refractivity contribution < 1.29 is 5.11 Å². The molecule has 5 heteroatoms. The Hall–Kier alpha value is -2.53. The van der Waals surface area contributed by atoms with Crippen LogP contribution in [-0.4, -0.2) is 31.6 Å². The first-order valence-corrected chi connectivity index (χ1v) is 12.0. The number of imidazole rings is 1. The normalized spacial score (nSPS) is 18.7. The number of nitrogens with one attached hydrogen (secondary N) is 1. The summed E-state index contributed by atoms with van der Waals surface area (Å²) >= 11 is 0. The number of aromatic amines is 1. The molecule has 0 amide bonds. The molecule has 2 N–H and O–H groups in total. The summed E-state index contributed by atoms with van der Waals surface area (Å²) in [6.07, 6.45) is 12.5. The van der Waals surface area contributed by atoms with Crippen LogP contribution in [0.5, 0.6) is 5.88 Å². The van der Waals surface area contributed by atoms with Crippen molar-refractivity contribution in [2.24, 2.45) is 0 Å². The number of nitrogens with zero attached hydrogens (tertiary/aromatic N) is 2. The van der Waals surface area contributed by atoms with Crippen LogP contribution in [0.1, 0.15) is 64.2 Å². The Morgan fingerprint density at radius 2 is 1.48 bits per heavy atom. The monoisotopic (exact) mass is 419 g/mol. The molecule has 0 saturated heterocycles. The van der Waals surface area contributed by atoms with Gasteiger partial charge in [-0.3, -0.25) is 4.90 Å². The van der Waals surface area contributed by atoms with E-state index in [4.69, 9.17) is 0 Å². The van der Waals surface area contributed by atoms with Gasteiger partial charge in [-0.1, -0.05) is 81.0 Å². The van der Waals surface area contributed by atoms with Crippen molar-refractivity contribution in [1.82, 2.24) is 14.5 Å². The van der Waals surface area contributed by atoms with E-state index in [9.17, 15) is 9.90 Å². The summed E-state index contributed by atoms with van der Waals surface area (Å²) in [5, 5.41) is 13.3. The van der Waals surface area contributed by atoms with Crippen molar-refractivity contribution >= 4 is 10.8 Å². The fraction of sp³-hybridized carbons (Fsp3) is 0.500. The van der Waals surface area contributed by atoms with Gasteiger partial charge in [-0.05, 0) is 36.5 Å². The van der Waals surface area contributed by atoms with Crippen LogP contribution >= 0.6 is 0 Å². The largest absolute Gasteiger partial charge is 0.493 e. The quantitative estimate of drug-likeness (QED) is 0.564. The second-order valence-electron chi connectivity index (χ2n) is 9.32. The molecule has 1 aromatic heterocycles. The van der Waals surface area contributed by atoms with Gasteiger partial charge in [0.25, 0.3) is 0 Å². The number of H-pyrrole nitrogens is 1. The van der Waals surface area contributed by atoms with Gasteiger partial charge >= 0.3 is 5.69 Å². The molecule has 2 aliphatic carbocycles. The van der Waals surface area contributed by atoms with Crippen molar-refractivity contribution in [2.45, 2.75) is 83.0 Å². The predicted octanol–water partition coefficient (Wildman–Crippen LogP) is 5.63. The Kier molecular flexibility index (Phi) is 5.86. The smallest absolute Gasteiger partial charge is 0.330 e. The molecule has 5 nitrogen and oxygen atoms in total. The van der Waals surface area contributed by atoms with Crippen molar-refractivity contribution in [3.05, 3.63) is 52.9 Å². The maximum absolute atomic E-state index is 13.0. The summed E-state index contributed by atoms with van der Waals surface area (Å²) in [5.41, 5.74) is 1.17. The number of fused-ring (bicyclic) bond motifs is 1. The molecule has 2 saturated carbocycles. The van der Waals surface area contributed by atoms with Crippen LogP contribution in [0.3, 0.4) is 0 Å². The van der Waals surface area contributed by atoms with E-state index >= 15 is 0 Å². The first kappa shape index (κ1) is 20.4. The lowest BCUT2D eigenvalue weighted by Crippen LogP contribution is -2.47. The van der Waals surface area contributed by atoms with Gasteiger partial charge in [0.1, 0.15) is 5.69 Å². The van der Waals surface area contributed by atoms with Crippen molar-refractivity contribution in [3.8, 4) is 17.1 Å². The van der Waals surface area contributed by atoms with Crippen LogP contribution in [0.15, 0.2) is 47.3 Å². The standard InChI is InChI=1S/C26H33N3O2/c30-25-24(23-17-9-11-19-10-7-8-16-22(19)23)27-26(31)29(25)18-28(20-12-3-1-4-13-20)21-14-5-2-6-15-21/h7-11,16-17,20-21,30H,1-6,12-15,18H2,(H,27,31). The summed E-state index contributed by atoms with van der Waals surface area (Å²) in [7, 11) is 0. The summed E-state index contributed by atoms with van der Waals surface area (Å²) in [6.45, 7) is 0.473. The van der Waals surface area contributed by atoms with E-state index in [-0.39, 0.29) is 11.6 Å². The van der Waals surface area contributed by atoms with E-state index in [1.54, 1.807) is 4.57 Å². The lowest BCUT2D eigenvalue weighted by molar-refractivity contribution is 0.0467. The molecular formula is C26H33N3O2. The zero-order valence-electron chi connectivity index (χ0n) is 18.2. The fourth-order valence-corrected chi connectivity index (χ4v) is 5.74. The zero-order valence-corrected chi connectivity index (χ0v) is 18.2. The zero-order chi connectivity index (χ0) is 21.2. The Labute approximate surface area is 183 Å². The number of rotatable bonds is 5. The molecule has 0 unspecified atom stereocenters. The summed E-state index contributed by atoms with van der Waals surface area (Å²) in [5.74, 6) is 0.0537. The highest BCUT2D eigenvalue weighted by atomic mass is 16.3. The topological polar surface area (TPSA) is 61.3 Å². The van der Waals surface area contributed by atoms with E-state index in [1.165, 1.54) is 64.2 Å². The van der Waals surface area contributed by atoms with Gasteiger partial charge in [0.2, 0.25) is 5.88 Å². The average Bonchev–Trinajstić information content (AvgIpc) is 3.11. The third-order valence-electron chi connectivity index (χ3n) is 7.41. The van der Waals surface area contributed by atoms with Crippen LogP contribution in [0.4, 0.5) is 0 Å². The first-order valence-electron chi connectivity index (χ1n) is 12.0.